The molecule has 0 radical (unpaired) electrons. The lowest BCUT2D eigenvalue weighted by Gasteiger charge is -2.06. The van der Waals surface area contributed by atoms with Crippen LogP contribution in [-0.2, 0) is 0 Å². The molecule has 4 rings (SSSR count). The predicted molar refractivity (Wildman–Crippen MR) is 104 cm³/mol. The van der Waals surface area contributed by atoms with E-state index >= 15 is 0 Å². The molecule has 3 aromatic carbocycles. The van der Waals surface area contributed by atoms with Gasteiger partial charge >= 0.3 is 5.69 Å². The number of nitro groups is 1. The lowest BCUT2D eigenvalue weighted by molar-refractivity contribution is -0.385. The number of fused-ring (bicyclic) bond motifs is 1. The summed E-state index contributed by atoms with van der Waals surface area (Å²) in [6.07, 6.45) is 1.98. The minimum Gasteiger partial charge on any atom is -0.450 e. The molecule has 1 heterocycles. The minimum atomic E-state index is -0.490. The van der Waals surface area contributed by atoms with E-state index in [9.17, 15) is 10.1 Å². The summed E-state index contributed by atoms with van der Waals surface area (Å²) in [6.45, 7) is 0. The molecule has 0 bridgehead atoms. The average Bonchev–Trinajstić information content (AvgIpc) is 3.11. The number of hydrogen-bond donors (Lipinski definition) is 0. The van der Waals surface area contributed by atoms with Gasteiger partial charge in [-0.05, 0) is 42.7 Å². The summed E-state index contributed by atoms with van der Waals surface area (Å²) in [7, 11) is 0. The van der Waals surface area contributed by atoms with Crippen molar-refractivity contribution in [1.29, 1.82) is 0 Å². The first-order valence-electron chi connectivity index (χ1n) is 8.10. The van der Waals surface area contributed by atoms with Gasteiger partial charge in [-0.25, -0.2) is 4.98 Å². The fraction of sp³-hybridized carbons (Fsp3) is 0.0500. The lowest BCUT2D eigenvalue weighted by atomic mass is 10.2. The maximum Gasteiger partial charge on any atom is 0.315 e. The number of oxazole rings is 1. The van der Waals surface area contributed by atoms with Gasteiger partial charge in [0.05, 0.1) is 11.0 Å². The number of hydrogen-bond acceptors (Lipinski definition) is 6. The number of rotatable bonds is 5. The van der Waals surface area contributed by atoms with Crippen LogP contribution in [-0.4, -0.2) is 16.2 Å². The molecular weight excluding hydrogens is 364 g/mol. The quantitative estimate of drug-likeness (QED) is 0.244. The van der Waals surface area contributed by atoms with Crippen molar-refractivity contribution >= 4 is 28.5 Å². The van der Waals surface area contributed by atoms with Crippen molar-refractivity contribution in [1.82, 2.24) is 4.98 Å². The Morgan fingerprint density at radius 3 is 2.48 bits per heavy atom. The Balaban J connectivity index is 1.76. The largest absolute Gasteiger partial charge is 0.450 e. The van der Waals surface area contributed by atoms with Crippen molar-refractivity contribution in [3.8, 4) is 23.0 Å². The molecule has 134 valence electrons. The molecule has 0 spiro atoms. The normalized spacial score (nSPS) is 10.9. The lowest BCUT2D eigenvalue weighted by Crippen LogP contribution is -1.93. The van der Waals surface area contributed by atoms with Crippen molar-refractivity contribution in [3.05, 3.63) is 76.8 Å². The summed E-state index contributed by atoms with van der Waals surface area (Å²) in [5, 5.41) is 11.5. The van der Waals surface area contributed by atoms with Crippen LogP contribution in [0.3, 0.4) is 0 Å². The van der Waals surface area contributed by atoms with Crippen LogP contribution in [0.1, 0.15) is 0 Å². The Bertz CT molecular complexity index is 1110. The van der Waals surface area contributed by atoms with Crippen molar-refractivity contribution in [2.45, 2.75) is 4.90 Å². The molecule has 0 saturated carbocycles. The van der Waals surface area contributed by atoms with Crippen LogP contribution >= 0.6 is 11.8 Å². The Labute approximate surface area is 158 Å². The highest BCUT2D eigenvalue weighted by Gasteiger charge is 2.21. The van der Waals surface area contributed by atoms with Gasteiger partial charge in [0.15, 0.2) is 5.58 Å². The van der Waals surface area contributed by atoms with Crippen LogP contribution in [0, 0.1) is 10.1 Å². The van der Waals surface area contributed by atoms with Gasteiger partial charge in [-0.1, -0.05) is 18.2 Å². The molecule has 0 N–H and O–H groups in total. The van der Waals surface area contributed by atoms with E-state index in [0.29, 0.717) is 22.7 Å². The zero-order valence-corrected chi connectivity index (χ0v) is 15.1. The first-order valence-corrected chi connectivity index (χ1v) is 9.33. The predicted octanol–water partition coefficient (Wildman–Crippen LogP) is 5.92. The molecule has 0 aliphatic rings. The zero-order chi connectivity index (χ0) is 18.8. The number of ether oxygens (including phenoxy) is 1. The molecule has 0 amide bonds. The van der Waals surface area contributed by atoms with Gasteiger partial charge in [-0.3, -0.25) is 10.1 Å². The Morgan fingerprint density at radius 1 is 1.07 bits per heavy atom. The summed E-state index contributed by atoms with van der Waals surface area (Å²) in [6, 6.07) is 19.6. The van der Waals surface area contributed by atoms with Gasteiger partial charge in [-0.15, -0.1) is 11.8 Å². The van der Waals surface area contributed by atoms with Gasteiger partial charge in [0.25, 0.3) is 0 Å². The number of nitrogens with zero attached hydrogens (tertiary/aromatic N) is 2. The van der Waals surface area contributed by atoms with Crippen molar-refractivity contribution in [2.75, 3.05) is 6.26 Å². The number of thioether (sulfide) groups is 1. The van der Waals surface area contributed by atoms with Gasteiger partial charge in [-0.2, -0.15) is 0 Å². The highest BCUT2D eigenvalue weighted by molar-refractivity contribution is 7.98. The fourth-order valence-electron chi connectivity index (χ4n) is 2.64. The molecule has 0 aliphatic carbocycles. The van der Waals surface area contributed by atoms with E-state index < -0.39 is 4.92 Å². The Morgan fingerprint density at radius 2 is 1.81 bits per heavy atom. The first kappa shape index (κ1) is 17.1. The van der Waals surface area contributed by atoms with E-state index in [1.54, 1.807) is 23.9 Å². The number of aromatic nitrogens is 1. The standard InChI is InChI=1S/C20H14N2O4S/c1-27-15-9-7-14(8-10-15)25-19-11-16-18(12-17(19)22(23)24)26-20(21-16)13-5-3-2-4-6-13/h2-12H,1H3. The molecule has 0 unspecified atom stereocenters. The van der Waals surface area contributed by atoms with Crippen molar-refractivity contribution in [3.63, 3.8) is 0 Å². The van der Waals surface area contributed by atoms with Crippen LogP contribution in [0.25, 0.3) is 22.6 Å². The maximum absolute atomic E-state index is 11.5. The van der Waals surface area contributed by atoms with E-state index in [-0.39, 0.29) is 11.4 Å². The molecule has 1 aromatic heterocycles. The van der Waals surface area contributed by atoms with Gasteiger partial charge in [0.2, 0.25) is 11.6 Å². The highest BCUT2D eigenvalue weighted by atomic mass is 32.2. The van der Waals surface area contributed by atoms with Gasteiger partial charge in [0.1, 0.15) is 11.3 Å². The Kier molecular flexibility index (Phi) is 4.52. The second-order valence-electron chi connectivity index (χ2n) is 5.71. The topological polar surface area (TPSA) is 78.4 Å². The SMILES string of the molecule is CSc1ccc(Oc2cc3nc(-c4ccccc4)oc3cc2[N+](=O)[O-])cc1. The summed E-state index contributed by atoms with van der Waals surface area (Å²) >= 11 is 1.61. The molecule has 4 aromatic rings. The Hall–Kier alpha value is -3.32. The third-order valence-electron chi connectivity index (χ3n) is 3.97. The van der Waals surface area contributed by atoms with E-state index in [2.05, 4.69) is 4.98 Å². The summed E-state index contributed by atoms with van der Waals surface area (Å²) in [5.41, 5.74) is 1.46. The monoisotopic (exact) mass is 378 g/mol. The van der Waals surface area contributed by atoms with E-state index in [4.69, 9.17) is 9.15 Å². The molecule has 6 nitrogen and oxygen atoms in total. The second-order valence-corrected chi connectivity index (χ2v) is 6.59. The van der Waals surface area contributed by atoms with E-state index in [1.165, 1.54) is 12.1 Å². The van der Waals surface area contributed by atoms with Crippen LogP contribution in [0.4, 0.5) is 5.69 Å². The van der Waals surface area contributed by atoms with E-state index in [0.717, 1.165) is 10.5 Å². The third-order valence-corrected chi connectivity index (χ3v) is 4.72. The third kappa shape index (κ3) is 3.50. The molecule has 0 fully saturated rings. The summed E-state index contributed by atoms with van der Waals surface area (Å²) in [5.74, 6) is 1.04. The molecule has 0 saturated heterocycles. The van der Waals surface area contributed by atoms with Crippen LogP contribution in [0.2, 0.25) is 0 Å². The van der Waals surface area contributed by atoms with Crippen molar-refractivity contribution in [2.24, 2.45) is 0 Å². The van der Waals surface area contributed by atoms with Gasteiger partial charge in [0, 0.05) is 16.5 Å². The molecule has 7 heteroatoms. The smallest absolute Gasteiger partial charge is 0.315 e. The van der Waals surface area contributed by atoms with E-state index in [1.807, 2.05) is 48.7 Å². The average molecular weight is 378 g/mol. The maximum atomic E-state index is 11.5. The summed E-state index contributed by atoms with van der Waals surface area (Å²) in [4.78, 5) is 16.5. The van der Waals surface area contributed by atoms with Crippen LogP contribution in [0.5, 0.6) is 11.5 Å². The molecule has 27 heavy (non-hydrogen) atoms. The fourth-order valence-corrected chi connectivity index (χ4v) is 3.05. The zero-order valence-electron chi connectivity index (χ0n) is 14.3. The van der Waals surface area contributed by atoms with Crippen LogP contribution in [0.15, 0.2) is 76.0 Å². The number of benzene rings is 3. The molecular formula is C20H14N2O4S. The molecule has 0 atom stereocenters. The molecule has 0 aliphatic heterocycles. The second kappa shape index (κ2) is 7.13. The highest BCUT2D eigenvalue weighted by Crippen LogP contribution is 2.37. The summed E-state index contributed by atoms with van der Waals surface area (Å²) < 4.78 is 11.5. The number of nitro benzene ring substituents is 1. The first-order chi connectivity index (χ1) is 13.1. The minimum absolute atomic E-state index is 0.123. The van der Waals surface area contributed by atoms with Crippen molar-refractivity contribution < 1.29 is 14.1 Å². The van der Waals surface area contributed by atoms with Crippen LogP contribution < -0.4 is 4.74 Å². The van der Waals surface area contributed by atoms with Gasteiger partial charge < -0.3 is 9.15 Å².